The summed E-state index contributed by atoms with van der Waals surface area (Å²) in [6.07, 6.45) is 2.11. The lowest BCUT2D eigenvalue weighted by Gasteiger charge is -2.47. The van der Waals surface area contributed by atoms with E-state index in [4.69, 9.17) is 17.0 Å². The second-order valence-corrected chi connectivity index (χ2v) is 8.73. The predicted octanol–water partition coefficient (Wildman–Crippen LogP) is 3.32. The first-order valence-corrected chi connectivity index (χ1v) is 9.49. The van der Waals surface area contributed by atoms with E-state index in [1.165, 1.54) is 5.56 Å². The summed E-state index contributed by atoms with van der Waals surface area (Å²) < 4.78 is 5.28. The average Bonchev–Trinajstić information content (AvgIpc) is 2.49. The molecular weight excluding hydrogens is 330 g/mol. The van der Waals surface area contributed by atoms with Crippen molar-refractivity contribution in [3.8, 4) is 0 Å². The maximum atomic E-state index is 5.76. The Labute approximate surface area is 158 Å². The SMILES string of the molecule is COCCN(Cc1ccccc1)C(=S)NC1CC(C)(C)NC(C)(C)C1. The highest BCUT2D eigenvalue weighted by Gasteiger charge is 2.38. The fourth-order valence-corrected chi connectivity index (χ4v) is 4.27. The zero-order valence-corrected chi connectivity index (χ0v) is 17.1. The Hall–Kier alpha value is -1.17. The molecule has 1 aliphatic rings. The minimum Gasteiger partial charge on any atom is -0.383 e. The number of nitrogens with one attached hydrogen (secondary N) is 2. The standard InChI is InChI=1S/C20H33N3OS/c1-19(2)13-17(14-20(3,4)22-19)21-18(25)23(11-12-24-5)15-16-9-7-6-8-10-16/h6-10,17,22H,11-15H2,1-5H3,(H,21,25). The van der Waals surface area contributed by atoms with Gasteiger partial charge in [0.15, 0.2) is 5.11 Å². The van der Waals surface area contributed by atoms with E-state index in [9.17, 15) is 0 Å². The van der Waals surface area contributed by atoms with Crippen LogP contribution in [0.2, 0.25) is 0 Å². The van der Waals surface area contributed by atoms with Crippen molar-refractivity contribution in [3.63, 3.8) is 0 Å². The van der Waals surface area contributed by atoms with Crippen LogP contribution in [-0.4, -0.2) is 47.4 Å². The fourth-order valence-electron chi connectivity index (χ4n) is 3.95. The van der Waals surface area contributed by atoms with Crippen molar-refractivity contribution in [1.29, 1.82) is 0 Å². The van der Waals surface area contributed by atoms with Crippen LogP contribution in [0.4, 0.5) is 0 Å². The lowest BCUT2D eigenvalue weighted by Crippen LogP contribution is -2.63. The van der Waals surface area contributed by atoms with Crippen LogP contribution in [0.3, 0.4) is 0 Å². The van der Waals surface area contributed by atoms with Crippen molar-refractivity contribution in [2.45, 2.75) is 64.2 Å². The van der Waals surface area contributed by atoms with Crippen molar-refractivity contribution in [2.75, 3.05) is 20.3 Å². The van der Waals surface area contributed by atoms with Crippen LogP contribution >= 0.6 is 12.2 Å². The van der Waals surface area contributed by atoms with Gasteiger partial charge in [-0.15, -0.1) is 0 Å². The van der Waals surface area contributed by atoms with E-state index in [0.717, 1.165) is 31.0 Å². The topological polar surface area (TPSA) is 36.5 Å². The van der Waals surface area contributed by atoms with E-state index in [2.05, 4.69) is 67.5 Å². The molecular formula is C20H33N3OS. The summed E-state index contributed by atoms with van der Waals surface area (Å²) in [4.78, 5) is 2.20. The summed E-state index contributed by atoms with van der Waals surface area (Å²) in [5.74, 6) is 0. The molecule has 2 rings (SSSR count). The molecule has 2 N–H and O–H groups in total. The molecule has 0 spiro atoms. The van der Waals surface area contributed by atoms with Crippen LogP contribution < -0.4 is 10.6 Å². The van der Waals surface area contributed by atoms with E-state index < -0.39 is 0 Å². The molecule has 0 bridgehead atoms. The summed E-state index contributed by atoms with van der Waals surface area (Å²) in [6.45, 7) is 11.3. The molecule has 4 nitrogen and oxygen atoms in total. The molecule has 1 aromatic carbocycles. The normalized spacial score (nSPS) is 19.4. The quantitative estimate of drug-likeness (QED) is 0.758. The van der Waals surface area contributed by atoms with Crippen molar-refractivity contribution in [1.82, 2.24) is 15.5 Å². The summed E-state index contributed by atoms with van der Waals surface area (Å²) in [7, 11) is 1.73. The zero-order chi connectivity index (χ0) is 18.5. The Morgan fingerprint density at radius 1 is 1.20 bits per heavy atom. The number of hydrogen-bond acceptors (Lipinski definition) is 3. The molecule has 25 heavy (non-hydrogen) atoms. The number of thiocarbonyl (C=S) groups is 1. The number of piperidine rings is 1. The highest BCUT2D eigenvalue weighted by molar-refractivity contribution is 7.80. The minimum absolute atomic E-state index is 0.103. The van der Waals surface area contributed by atoms with Crippen molar-refractivity contribution in [2.24, 2.45) is 0 Å². The Balaban J connectivity index is 2.03. The van der Waals surface area contributed by atoms with E-state index in [-0.39, 0.29) is 11.1 Å². The molecule has 1 fully saturated rings. The monoisotopic (exact) mass is 363 g/mol. The molecule has 1 aromatic rings. The smallest absolute Gasteiger partial charge is 0.169 e. The Kier molecular flexibility index (Phi) is 6.83. The first-order chi connectivity index (χ1) is 11.7. The van der Waals surface area contributed by atoms with Crippen LogP contribution in [0.5, 0.6) is 0 Å². The largest absolute Gasteiger partial charge is 0.383 e. The van der Waals surface area contributed by atoms with Crippen LogP contribution in [0, 0.1) is 0 Å². The van der Waals surface area contributed by atoms with Gasteiger partial charge >= 0.3 is 0 Å². The summed E-state index contributed by atoms with van der Waals surface area (Å²) in [5.41, 5.74) is 1.46. The summed E-state index contributed by atoms with van der Waals surface area (Å²) >= 11 is 5.76. The van der Waals surface area contributed by atoms with Crippen LogP contribution in [0.15, 0.2) is 30.3 Å². The van der Waals surface area contributed by atoms with E-state index in [0.29, 0.717) is 12.6 Å². The molecule has 1 aliphatic heterocycles. The number of nitrogens with zero attached hydrogens (tertiary/aromatic N) is 1. The van der Waals surface area contributed by atoms with Crippen molar-refractivity contribution in [3.05, 3.63) is 35.9 Å². The van der Waals surface area contributed by atoms with Crippen LogP contribution in [-0.2, 0) is 11.3 Å². The van der Waals surface area contributed by atoms with Crippen LogP contribution in [0.25, 0.3) is 0 Å². The molecule has 0 aliphatic carbocycles. The van der Waals surface area contributed by atoms with Gasteiger partial charge in [0, 0.05) is 37.3 Å². The van der Waals surface area contributed by atoms with Gasteiger partial charge in [0.1, 0.15) is 0 Å². The van der Waals surface area contributed by atoms with Gasteiger partial charge in [0.2, 0.25) is 0 Å². The Bertz CT molecular complexity index is 543. The first-order valence-electron chi connectivity index (χ1n) is 9.08. The maximum Gasteiger partial charge on any atom is 0.169 e. The van der Waals surface area contributed by atoms with Gasteiger partial charge in [-0.05, 0) is 58.3 Å². The highest BCUT2D eigenvalue weighted by atomic mass is 32.1. The highest BCUT2D eigenvalue weighted by Crippen LogP contribution is 2.28. The van der Waals surface area contributed by atoms with E-state index in [1.54, 1.807) is 7.11 Å². The Morgan fingerprint density at radius 3 is 2.36 bits per heavy atom. The average molecular weight is 364 g/mol. The molecule has 140 valence electrons. The number of rotatable bonds is 6. The molecule has 5 heteroatoms. The molecule has 0 amide bonds. The zero-order valence-electron chi connectivity index (χ0n) is 16.3. The number of methoxy groups -OCH3 is 1. The first kappa shape index (κ1) is 20.1. The van der Waals surface area contributed by atoms with Gasteiger partial charge in [0.25, 0.3) is 0 Å². The maximum absolute atomic E-state index is 5.76. The number of hydrogen-bond donors (Lipinski definition) is 2. The molecule has 0 aromatic heterocycles. The fraction of sp³-hybridized carbons (Fsp3) is 0.650. The number of benzene rings is 1. The predicted molar refractivity (Wildman–Crippen MR) is 109 cm³/mol. The molecule has 0 saturated carbocycles. The van der Waals surface area contributed by atoms with Gasteiger partial charge in [-0.3, -0.25) is 0 Å². The van der Waals surface area contributed by atoms with Crippen LogP contribution in [0.1, 0.15) is 46.1 Å². The molecule has 0 unspecified atom stereocenters. The third kappa shape index (κ3) is 6.57. The third-order valence-electron chi connectivity index (χ3n) is 4.59. The molecule has 1 heterocycles. The third-order valence-corrected chi connectivity index (χ3v) is 4.96. The van der Waals surface area contributed by atoms with Gasteiger partial charge in [-0.25, -0.2) is 0 Å². The Morgan fingerprint density at radius 2 is 1.80 bits per heavy atom. The van der Waals surface area contributed by atoms with Crippen molar-refractivity contribution < 1.29 is 4.74 Å². The minimum atomic E-state index is 0.103. The van der Waals surface area contributed by atoms with Gasteiger partial charge < -0.3 is 20.3 Å². The summed E-state index contributed by atoms with van der Waals surface area (Å²) in [6, 6.07) is 10.8. The van der Waals surface area contributed by atoms with E-state index >= 15 is 0 Å². The van der Waals surface area contributed by atoms with Gasteiger partial charge in [0.05, 0.1) is 6.61 Å². The molecule has 0 radical (unpaired) electrons. The molecule has 1 saturated heterocycles. The second-order valence-electron chi connectivity index (χ2n) is 8.35. The van der Waals surface area contributed by atoms with E-state index in [1.807, 2.05) is 6.07 Å². The van der Waals surface area contributed by atoms with Crippen molar-refractivity contribution >= 4 is 17.3 Å². The van der Waals surface area contributed by atoms with Gasteiger partial charge in [-0.1, -0.05) is 30.3 Å². The van der Waals surface area contributed by atoms with Gasteiger partial charge in [-0.2, -0.15) is 0 Å². The number of ether oxygens (including phenoxy) is 1. The molecule has 0 atom stereocenters. The summed E-state index contributed by atoms with van der Waals surface area (Å²) in [5, 5.41) is 8.16. The second kappa shape index (κ2) is 8.47. The lowest BCUT2D eigenvalue weighted by atomic mass is 9.80. The lowest BCUT2D eigenvalue weighted by molar-refractivity contribution is 0.150.